The van der Waals surface area contributed by atoms with Crippen LogP contribution in [-0.2, 0) is 0 Å². The van der Waals surface area contributed by atoms with Crippen molar-refractivity contribution in [2.75, 3.05) is 12.8 Å². The highest BCUT2D eigenvalue weighted by atomic mass is 35.5. The van der Waals surface area contributed by atoms with Crippen LogP contribution in [-0.4, -0.2) is 17.4 Å². The van der Waals surface area contributed by atoms with Crippen LogP contribution in [0, 0.1) is 0 Å². The van der Waals surface area contributed by atoms with Crippen molar-refractivity contribution in [1.29, 1.82) is 0 Å². The number of nitrogens with zero attached hydrogens (tertiary/aromatic N) is 1. The molecule has 2 rings (SSSR count). The third-order valence-electron chi connectivity index (χ3n) is 2.16. The molecule has 0 aliphatic carbocycles. The number of benzene rings is 1. The van der Waals surface area contributed by atoms with Crippen molar-refractivity contribution in [3.8, 4) is 22.6 Å². The molecule has 5 nitrogen and oxygen atoms in total. The Morgan fingerprint density at radius 3 is 2.81 bits per heavy atom. The van der Waals surface area contributed by atoms with E-state index in [9.17, 15) is 5.11 Å². The maximum Gasteiger partial charge on any atom is 0.230 e. The number of aromatic hydroxyl groups is 1. The van der Waals surface area contributed by atoms with Crippen LogP contribution in [0.1, 0.15) is 0 Å². The zero-order valence-corrected chi connectivity index (χ0v) is 9.15. The summed E-state index contributed by atoms with van der Waals surface area (Å²) in [5.41, 5.74) is 6.54. The Morgan fingerprint density at radius 1 is 1.50 bits per heavy atom. The van der Waals surface area contributed by atoms with Gasteiger partial charge in [-0.15, -0.1) is 0 Å². The first-order valence-electron chi connectivity index (χ1n) is 4.41. The lowest BCUT2D eigenvalue weighted by Gasteiger charge is -2.10. The Balaban J connectivity index is 2.73. The normalized spacial score (nSPS) is 10.4. The molecule has 0 unspecified atom stereocenters. The smallest absolute Gasteiger partial charge is 0.230 e. The molecule has 0 fully saturated rings. The summed E-state index contributed by atoms with van der Waals surface area (Å²) in [6.45, 7) is 0. The quantitative estimate of drug-likeness (QED) is 0.842. The summed E-state index contributed by atoms with van der Waals surface area (Å²) in [5.74, 6) is 0.329. The second-order valence-electron chi connectivity index (χ2n) is 3.08. The van der Waals surface area contributed by atoms with Crippen molar-refractivity contribution < 1.29 is 14.4 Å². The van der Waals surface area contributed by atoms with E-state index in [0.717, 1.165) is 0 Å². The molecule has 6 heteroatoms. The second kappa shape index (κ2) is 3.94. The van der Waals surface area contributed by atoms with Gasteiger partial charge < -0.3 is 20.1 Å². The van der Waals surface area contributed by atoms with Crippen LogP contribution in [0.3, 0.4) is 0 Å². The molecule has 0 saturated carbocycles. The standard InChI is InChI=1S/C10H9ClN2O3/c1-15-9-7(14)3-2-6(11)8(9)5-4-13-16-10(5)12/h2-4,14H,12H2,1H3. The van der Waals surface area contributed by atoms with Gasteiger partial charge in [0.15, 0.2) is 11.5 Å². The van der Waals surface area contributed by atoms with E-state index in [1.54, 1.807) is 6.07 Å². The minimum atomic E-state index is -0.0255. The van der Waals surface area contributed by atoms with Crippen molar-refractivity contribution in [2.24, 2.45) is 0 Å². The highest BCUT2D eigenvalue weighted by molar-refractivity contribution is 6.34. The van der Waals surface area contributed by atoms with Crippen molar-refractivity contribution in [2.45, 2.75) is 0 Å². The first-order valence-corrected chi connectivity index (χ1v) is 4.79. The van der Waals surface area contributed by atoms with E-state index in [1.807, 2.05) is 0 Å². The number of methoxy groups -OCH3 is 1. The number of phenolic OH excluding ortho intramolecular Hbond substituents is 1. The summed E-state index contributed by atoms with van der Waals surface area (Å²) < 4.78 is 9.82. The fraction of sp³-hybridized carbons (Fsp3) is 0.100. The lowest BCUT2D eigenvalue weighted by atomic mass is 10.1. The average molecular weight is 241 g/mol. The van der Waals surface area contributed by atoms with Crippen LogP contribution >= 0.6 is 11.6 Å². The number of nitrogens with two attached hydrogens (primary N) is 1. The molecule has 0 aliphatic heterocycles. The molecule has 1 aromatic carbocycles. The lowest BCUT2D eigenvalue weighted by molar-refractivity contribution is 0.375. The number of aromatic nitrogens is 1. The van der Waals surface area contributed by atoms with Gasteiger partial charge in [-0.05, 0) is 12.1 Å². The topological polar surface area (TPSA) is 81.5 Å². The number of nitrogen functional groups attached to an aromatic ring is 1. The predicted molar refractivity (Wildman–Crippen MR) is 59.6 cm³/mol. The first-order chi connectivity index (χ1) is 7.65. The molecule has 0 radical (unpaired) electrons. The van der Waals surface area contributed by atoms with E-state index >= 15 is 0 Å². The predicted octanol–water partition coefficient (Wildman–Crippen LogP) is 2.29. The van der Waals surface area contributed by atoms with Gasteiger partial charge in [0, 0.05) is 0 Å². The number of rotatable bonds is 2. The van der Waals surface area contributed by atoms with Crippen molar-refractivity contribution in [1.82, 2.24) is 5.16 Å². The van der Waals surface area contributed by atoms with Crippen LogP contribution in [0.25, 0.3) is 11.1 Å². The SMILES string of the molecule is COc1c(O)ccc(Cl)c1-c1cnoc1N. The number of phenols is 1. The van der Waals surface area contributed by atoms with Gasteiger partial charge >= 0.3 is 0 Å². The molecule has 1 heterocycles. The summed E-state index contributed by atoms with van der Waals surface area (Å²) in [5, 5.41) is 13.6. The van der Waals surface area contributed by atoms with Gasteiger partial charge in [0.1, 0.15) is 0 Å². The highest BCUT2D eigenvalue weighted by Crippen LogP contribution is 2.44. The number of ether oxygens (including phenoxy) is 1. The Bertz CT molecular complexity index is 525. The van der Waals surface area contributed by atoms with E-state index in [2.05, 4.69) is 5.16 Å². The number of halogens is 1. The number of anilines is 1. The Labute approximate surface area is 96.4 Å². The Morgan fingerprint density at radius 2 is 2.25 bits per heavy atom. The second-order valence-corrected chi connectivity index (χ2v) is 3.49. The molecule has 0 atom stereocenters. The minimum Gasteiger partial charge on any atom is -0.504 e. The van der Waals surface area contributed by atoms with Gasteiger partial charge in [-0.25, -0.2) is 0 Å². The average Bonchev–Trinajstić information content (AvgIpc) is 2.67. The summed E-state index contributed by atoms with van der Waals surface area (Å²) in [4.78, 5) is 0. The van der Waals surface area contributed by atoms with E-state index < -0.39 is 0 Å². The van der Waals surface area contributed by atoms with Gasteiger partial charge in [0.05, 0.1) is 29.5 Å². The minimum absolute atomic E-state index is 0.0255. The molecule has 0 bridgehead atoms. The van der Waals surface area contributed by atoms with Crippen LogP contribution < -0.4 is 10.5 Å². The highest BCUT2D eigenvalue weighted by Gasteiger charge is 2.19. The van der Waals surface area contributed by atoms with Crippen LogP contribution in [0.5, 0.6) is 11.5 Å². The van der Waals surface area contributed by atoms with Gasteiger partial charge in [-0.2, -0.15) is 0 Å². The van der Waals surface area contributed by atoms with Gasteiger partial charge in [0.2, 0.25) is 5.88 Å². The zero-order chi connectivity index (χ0) is 11.7. The van der Waals surface area contributed by atoms with Crippen molar-refractivity contribution in [3.63, 3.8) is 0 Å². The zero-order valence-electron chi connectivity index (χ0n) is 8.40. The molecular formula is C10H9ClN2O3. The summed E-state index contributed by atoms with van der Waals surface area (Å²) in [6.07, 6.45) is 1.42. The molecule has 1 aromatic heterocycles. The number of hydrogen-bond acceptors (Lipinski definition) is 5. The van der Waals surface area contributed by atoms with Crippen LogP contribution in [0.15, 0.2) is 22.9 Å². The van der Waals surface area contributed by atoms with Gasteiger partial charge in [0.25, 0.3) is 0 Å². The summed E-state index contributed by atoms with van der Waals surface area (Å²) >= 11 is 6.03. The molecule has 0 spiro atoms. The summed E-state index contributed by atoms with van der Waals surface area (Å²) in [7, 11) is 1.43. The third-order valence-corrected chi connectivity index (χ3v) is 2.47. The first kappa shape index (κ1) is 10.6. The molecule has 84 valence electrons. The maximum absolute atomic E-state index is 9.63. The molecular weight excluding hydrogens is 232 g/mol. The Kier molecular flexibility index (Phi) is 2.62. The fourth-order valence-corrected chi connectivity index (χ4v) is 1.69. The molecule has 2 aromatic rings. The van der Waals surface area contributed by atoms with Gasteiger partial charge in [-0.1, -0.05) is 16.8 Å². The lowest BCUT2D eigenvalue weighted by Crippen LogP contribution is -1.91. The van der Waals surface area contributed by atoms with Crippen LogP contribution in [0.4, 0.5) is 5.88 Å². The van der Waals surface area contributed by atoms with Crippen molar-refractivity contribution >= 4 is 17.5 Å². The molecule has 0 saturated heterocycles. The van der Waals surface area contributed by atoms with Crippen LogP contribution in [0.2, 0.25) is 5.02 Å². The molecule has 0 aliphatic rings. The van der Waals surface area contributed by atoms with Crippen molar-refractivity contribution in [3.05, 3.63) is 23.4 Å². The number of hydrogen-bond donors (Lipinski definition) is 2. The van der Waals surface area contributed by atoms with E-state index in [1.165, 1.54) is 19.4 Å². The van der Waals surface area contributed by atoms with E-state index in [4.69, 9.17) is 26.6 Å². The molecule has 0 amide bonds. The summed E-state index contributed by atoms with van der Waals surface area (Å²) in [6, 6.07) is 2.98. The maximum atomic E-state index is 9.63. The fourth-order valence-electron chi connectivity index (χ4n) is 1.44. The van der Waals surface area contributed by atoms with E-state index in [0.29, 0.717) is 16.1 Å². The largest absolute Gasteiger partial charge is 0.504 e. The molecule has 16 heavy (non-hydrogen) atoms. The van der Waals surface area contributed by atoms with Gasteiger partial charge in [-0.3, -0.25) is 0 Å². The monoisotopic (exact) mass is 240 g/mol. The third kappa shape index (κ3) is 1.55. The van der Waals surface area contributed by atoms with E-state index in [-0.39, 0.29) is 17.4 Å². The Hall–Kier alpha value is -1.88. The molecule has 3 N–H and O–H groups in total.